The van der Waals surface area contributed by atoms with Gasteiger partial charge in [-0.25, -0.2) is 4.68 Å². The maximum atomic E-state index is 12.3. The molecule has 0 spiro atoms. The minimum atomic E-state index is -0.824. The molecule has 2 aromatic carbocycles. The van der Waals surface area contributed by atoms with Crippen LogP contribution in [0.15, 0.2) is 60.8 Å². The topological polar surface area (TPSA) is 104 Å². The van der Waals surface area contributed by atoms with Crippen molar-refractivity contribution in [3.05, 3.63) is 66.5 Å². The Bertz CT molecular complexity index is 1020. The van der Waals surface area contributed by atoms with E-state index in [1.807, 2.05) is 19.1 Å². The number of aromatic nitrogens is 2. The Kier molecular flexibility index (Phi) is 7.10. The molecule has 2 N–H and O–H groups in total. The first kappa shape index (κ1) is 21.7. The van der Waals surface area contributed by atoms with Crippen molar-refractivity contribution < 1.29 is 23.8 Å². The maximum absolute atomic E-state index is 12.3. The normalized spacial score (nSPS) is 11.3. The Morgan fingerprint density at radius 1 is 0.968 bits per heavy atom. The number of benzene rings is 2. The number of rotatable bonds is 8. The van der Waals surface area contributed by atoms with E-state index in [2.05, 4.69) is 16.0 Å². The second-order valence-electron chi connectivity index (χ2n) is 6.45. The van der Waals surface area contributed by atoms with Crippen LogP contribution in [0.1, 0.15) is 24.3 Å². The molecule has 3 aromatic rings. The number of nitrogens with zero attached hydrogens (tertiary/aromatic N) is 2. The zero-order valence-corrected chi connectivity index (χ0v) is 17.5. The first-order chi connectivity index (χ1) is 15.0. The second-order valence-corrected chi connectivity index (χ2v) is 6.45. The number of methoxy groups -OCH3 is 1. The average molecular weight is 424 g/mol. The van der Waals surface area contributed by atoms with E-state index in [1.54, 1.807) is 67.4 Å². The number of hydrazine groups is 1. The number of amides is 2. The van der Waals surface area contributed by atoms with Gasteiger partial charge in [0.2, 0.25) is 0 Å². The second kappa shape index (κ2) is 10.1. The van der Waals surface area contributed by atoms with Gasteiger partial charge in [0.25, 0.3) is 11.8 Å². The maximum Gasteiger partial charge on any atom is 0.290 e. The van der Waals surface area contributed by atoms with E-state index < -0.39 is 17.9 Å². The highest BCUT2D eigenvalue weighted by Crippen LogP contribution is 2.18. The van der Waals surface area contributed by atoms with Crippen LogP contribution >= 0.6 is 0 Å². The van der Waals surface area contributed by atoms with E-state index in [0.29, 0.717) is 18.1 Å². The zero-order chi connectivity index (χ0) is 22.2. The Labute approximate surface area is 179 Å². The summed E-state index contributed by atoms with van der Waals surface area (Å²) in [5, 5.41) is 4.22. The predicted molar refractivity (Wildman–Crippen MR) is 113 cm³/mol. The Hall–Kier alpha value is -4.01. The standard InChI is InChI=1S/C22H24N4O5/c1-4-30-18-9-11-19(12-10-18)31-15(2)21(27)23-24-22(28)20-13-14-26(25-20)16-5-7-17(29-3)8-6-16/h5-15H,4H2,1-3H3,(H,23,27)(H,24,28). The lowest BCUT2D eigenvalue weighted by molar-refractivity contribution is -0.128. The minimum Gasteiger partial charge on any atom is -0.497 e. The van der Waals surface area contributed by atoms with Crippen LogP contribution in [0.3, 0.4) is 0 Å². The molecule has 1 unspecified atom stereocenters. The number of nitrogens with one attached hydrogen (secondary N) is 2. The van der Waals surface area contributed by atoms with Gasteiger partial charge in [-0.05, 0) is 68.4 Å². The molecule has 1 heterocycles. The highest BCUT2D eigenvalue weighted by atomic mass is 16.5. The number of carbonyl (C=O) groups is 2. The molecule has 0 aliphatic rings. The van der Waals surface area contributed by atoms with Gasteiger partial charge in [0.15, 0.2) is 11.8 Å². The van der Waals surface area contributed by atoms with Crippen LogP contribution in [0.4, 0.5) is 0 Å². The van der Waals surface area contributed by atoms with E-state index >= 15 is 0 Å². The summed E-state index contributed by atoms with van der Waals surface area (Å²) < 4.78 is 17.6. The summed E-state index contributed by atoms with van der Waals surface area (Å²) in [5.74, 6) is 0.896. The van der Waals surface area contributed by atoms with Gasteiger partial charge in [0.05, 0.1) is 19.4 Å². The van der Waals surface area contributed by atoms with Crippen LogP contribution in [-0.2, 0) is 4.79 Å². The lowest BCUT2D eigenvalue weighted by atomic mass is 10.3. The van der Waals surface area contributed by atoms with Gasteiger partial charge in [-0.2, -0.15) is 5.10 Å². The number of hydrogen-bond acceptors (Lipinski definition) is 6. The number of hydrogen-bond donors (Lipinski definition) is 2. The van der Waals surface area contributed by atoms with Crippen LogP contribution in [0, 0.1) is 0 Å². The SMILES string of the molecule is CCOc1ccc(OC(C)C(=O)NNC(=O)c2ccn(-c3ccc(OC)cc3)n2)cc1. The molecular formula is C22H24N4O5. The van der Waals surface area contributed by atoms with E-state index in [0.717, 1.165) is 11.4 Å². The van der Waals surface area contributed by atoms with Crippen molar-refractivity contribution in [1.29, 1.82) is 0 Å². The first-order valence-corrected chi connectivity index (χ1v) is 9.70. The third-order valence-electron chi connectivity index (χ3n) is 4.27. The molecule has 9 nitrogen and oxygen atoms in total. The van der Waals surface area contributed by atoms with Crippen molar-refractivity contribution in [2.45, 2.75) is 20.0 Å². The molecular weight excluding hydrogens is 400 g/mol. The fourth-order valence-electron chi connectivity index (χ4n) is 2.65. The van der Waals surface area contributed by atoms with Gasteiger partial charge in [-0.1, -0.05) is 0 Å². The summed E-state index contributed by atoms with van der Waals surface area (Å²) in [7, 11) is 1.59. The van der Waals surface area contributed by atoms with Crippen molar-refractivity contribution >= 4 is 11.8 Å². The largest absolute Gasteiger partial charge is 0.497 e. The Balaban J connectivity index is 1.51. The van der Waals surface area contributed by atoms with Crippen molar-refractivity contribution in [3.8, 4) is 22.9 Å². The molecule has 9 heteroatoms. The molecule has 3 rings (SSSR count). The van der Waals surface area contributed by atoms with Crippen LogP contribution < -0.4 is 25.1 Å². The first-order valence-electron chi connectivity index (χ1n) is 9.70. The Morgan fingerprint density at radius 2 is 1.61 bits per heavy atom. The van der Waals surface area contributed by atoms with Gasteiger partial charge in [-0.15, -0.1) is 0 Å². The third kappa shape index (κ3) is 5.75. The molecule has 0 fully saturated rings. The third-order valence-corrected chi connectivity index (χ3v) is 4.27. The summed E-state index contributed by atoms with van der Waals surface area (Å²) in [6.45, 7) is 4.04. The fraction of sp³-hybridized carbons (Fsp3) is 0.227. The lowest BCUT2D eigenvalue weighted by Crippen LogP contribution is -2.47. The molecule has 0 aliphatic heterocycles. The van der Waals surface area contributed by atoms with Gasteiger partial charge in [-0.3, -0.25) is 20.4 Å². The van der Waals surface area contributed by atoms with Crippen molar-refractivity contribution in [2.75, 3.05) is 13.7 Å². The summed E-state index contributed by atoms with van der Waals surface area (Å²) in [5.41, 5.74) is 5.60. The quantitative estimate of drug-likeness (QED) is 0.539. The summed E-state index contributed by atoms with van der Waals surface area (Å²) in [4.78, 5) is 24.5. The van der Waals surface area contributed by atoms with Crippen LogP contribution in [0.5, 0.6) is 17.2 Å². The summed E-state index contributed by atoms with van der Waals surface area (Å²) in [6, 6.07) is 15.7. The highest BCUT2D eigenvalue weighted by molar-refractivity contribution is 5.94. The monoisotopic (exact) mass is 424 g/mol. The molecule has 0 radical (unpaired) electrons. The van der Waals surface area contributed by atoms with Crippen LogP contribution in [0.2, 0.25) is 0 Å². The smallest absolute Gasteiger partial charge is 0.290 e. The van der Waals surface area contributed by atoms with Crippen LogP contribution in [-0.4, -0.2) is 41.4 Å². The van der Waals surface area contributed by atoms with Crippen LogP contribution in [0.25, 0.3) is 5.69 Å². The van der Waals surface area contributed by atoms with Crippen molar-refractivity contribution in [3.63, 3.8) is 0 Å². The summed E-state index contributed by atoms with van der Waals surface area (Å²) in [6.07, 6.45) is 0.825. The minimum absolute atomic E-state index is 0.149. The molecule has 31 heavy (non-hydrogen) atoms. The molecule has 0 bridgehead atoms. The Morgan fingerprint density at radius 3 is 2.26 bits per heavy atom. The molecule has 162 valence electrons. The number of carbonyl (C=O) groups excluding carboxylic acids is 2. The summed E-state index contributed by atoms with van der Waals surface area (Å²) >= 11 is 0. The molecule has 1 atom stereocenters. The van der Waals surface area contributed by atoms with E-state index in [4.69, 9.17) is 14.2 Å². The fourth-order valence-corrected chi connectivity index (χ4v) is 2.65. The van der Waals surface area contributed by atoms with Gasteiger partial charge >= 0.3 is 0 Å². The van der Waals surface area contributed by atoms with Gasteiger partial charge in [0, 0.05) is 6.20 Å². The van der Waals surface area contributed by atoms with Crippen molar-refractivity contribution in [1.82, 2.24) is 20.6 Å². The molecule has 0 saturated carbocycles. The van der Waals surface area contributed by atoms with E-state index in [-0.39, 0.29) is 5.69 Å². The highest BCUT2D eigenvalue weighted by Gasteiger charge is 2.17. The van der Waals surface area contributed by atoms with E-state index in [9.17, 15) is 9.59 Å². The predicted octanol–water partition coefficient (Wildman–Crippen LogP) is 2.51. The molecule has 2 amide bonds. The van der Waals surface area contributed by atoms with Gasteiger partial charge < -0.3 is 14.2 Å². The molecule has 0 saturated heterocycles. The van der Waals surface area contributed by atoms with Gasteiger partial charge in [0.1, 0.15) is 17.2 Å². The molecule has 0 aliphatic carbocycles. The molecule has 1 aromatic heterocycles. The average Bonchev–Trinajstić information content (AvgIpc) is 3.29. The van der Waals surface area contributed by atoms with Crippen molar-refractivity contribution in [2.24, 2.45) is 0 Å². The lowest BCUT2D eigenvalue weighted by Gasteiger charge is -2.15. The number of ether oxygens (including phenoxy) is 3. The zero-order valence-electron chi connectivity index (χ0n) is 17.5. The van der Waals surface area contributed by atoms with E-state index in [1.165, 1.54) is 0 Å².